The first kappa shape index (κ1) is 30.8. The van der Waals surface area contributed by atoms with Gasteiger partial charge in [-0.25, -0.2) is 4.98 Å². The number of aliphatic hydroxyl groups is 1. The topological polar surface area (TPSA) is 88.6 Å². The largest absolute Gasteiger partial charge is 0.493 e. The number of imidazole rings is 1. The SMILES string of the molecule is COc1ccc(CCNCC(O)COc2ccc(-c3nc(-c4cccs4)c[nH]3)cc2Cl)cc1OC.Cl.Cl. The van der Waals surface area contributed by atoms with Crippen molar-refractivity contribution in [3.63, 3.8) is 0 Å². The van der Waals surface area contributed by atoms with Crippen molar-refractivity contribution in [2.24, 2.45) is 0 Å². The lowest BCUT2D eigenvalue weighted by atomic mass is 10.1. The van der Waals surface area contributed by atoms with E-state index in [4.69, 9.17) is 25.8 Å². The maximum atomic E-state index is 10.3. The van der Waals surface area contributed by atoms with Crippen LogP contribution in [0.25, 0.3) is 22.0 Å². The molecule has 0 radical (unpaired) electrons. The van der Waals surface area contributed by atoms with E-state index in [1.807, 2.05) is 54.0 Å². The number of aromatic nitrogens is 2. The number of rotatable bonds is 12. The highest BCUT2D eigenvalue weighted by molar-refractivity contribution is 7.13. The molecule has 0 amide bonds. The van der Waals surface area contributed by atoms with Crippen LogP contribution in [0.4, 0.5) is 0 Å². The highest BCUT2D eigenvalue weighted by Crippen LogP contribution is 2.31. The smallest absolute Gasteiger partial charge is 0.160 e. The highest BCUT2D eigenvalue weighted by Gasteiger charge is 2.12. The second kappa shape index (κ2) is 15.1. The van der Waals surface area contributed by atoms with Gasteiger partial charge in [0.25, 0.3) is 0 Å². The van der Waals surface area contributed by atoms with E-state index >= 15 is 0 Å². The van der Waals surface area contributed by atoms with E-state index in [2.05, 4.69) is 15.3 Å². The monoisotopic (exact) mass is 585 g/mol. The van der Waals surface area contributed by atoms with Crippen LogP contribution in [0.5, 0.6) is 17.2 Å². The van der Waals surface area contributed by atoms with Crippen molar-refractivity contribution in [2.45, 2.75) is 12.5 Å². The normalized spacial score (nSPS) is 11.2. The van der Waals surface area contributed by atoms with Crippen LogP contribution < -0.4 is 19.5 Å². The van der Waals surface area contributed by atoms with Gasteiger partial charge in [0, 0.05) is 18.3 Å². The van der Waals surface area contributed by atoms with E-state index in [0.717, 1.165) is 33.9 Å². The van der Waals surface area contributed by atoms with Gasteiger partial charge in [-0.15, -0.1) is 36.2 Å². The molecule has 2 aromatic carbocycles. The molecule has 0 bridgehead atoms. The van der Waals surface area contributed by atoms with Crippen molar-refractivity contribution in [2.75, 3.05) is 33.9 Å². The number of nitrogens with zero attached hydrogens (tertiary/aromatic N) is 1. The summed E-state index contributed by atoms with van der Waals surface area (Å²) in [4.78, 5) is 8.94. The molecule has 2 heterocycles. The average Bonchev–Trinajstić information content (AvgIpc) is 3.58. The first-order chi connectivity index (χ1) is 17.1. The summed E-state index contributed by atoms with van der Waals surface area (Å²) in [5, 5.41) is 16.0. The van der Waals surface area contributed by atoms with E-state index in [1.54, 1.807) is 31.6 Å². The van der Waals surface area contributed by atoms with Crippen molar-refractivity contribution >= 4 is 47.8 Å². The van der Waals surface area contributed by atoms with E-state index in [9.17, 15) is 5.11 Å². The van der Waals surface area contributed by atoms with Crippen LogP contribution in [0, 0.1) is 0 Å². The lowest BCUT2D eigenvalue weighted by molar-refractivity contribution is 0.107. The molecule has 7 nitrogen and oxygen atoms in total. The van der Waals surface area contributed by atoms with Gasteiger partial charge >= 0.3 is 0 Å². The van der Waals surface area contributed by atoms with Crippen LogP contribution in [0.15, 0.2) is 60.1 Å². The van der Waals surface area contributed by atoms with Gasteiger partial charge < -0.3 is 29.6 Å². The molecule has 37 heavy (non-hydrogen) atoms. The first-order valence-corrected chi connectivity index (χ1v) is 12.4. The predicted molar refractivity (Wildman–Crippen MR) is 154 cm³/mol. The Balaban J connectivity index is 0.00000241. The Morgan fingerprint density at radius 2 is 1.84 bits per heavy atom. The number of hydrogen-bond acceptors (Lipinski definition) is 7. The molecular weight excluding hydrogens is 557 g/mol. The van der Waals surface area contributed by atoms with Crippen molar-refractivity contribution in [3.05, 3.63) is 70.7 Å². The van der Waals surface area contributed by atoms with Crippen molar-refractivity contribution in [1.82, 2.24) is 15.3 Å². The Labute approximate surface area is 238 Å². The van der Waals surface area contributed by atoms with Gasteiger partial charge in [0.05, 0.1) is 29.8 Å². The summed E-state index contributed by atoms with van der Waals surface area (Å²) in [7, 11) is 3.24. The second-order valence-electron chi connectivity index (χ2n) is 7.87. The number of aromatic amines is 1. The Kier molecular flexibility index (Phi) is 12.5. The molecule has 3 N–H and O–H groups in total. The molecule has 4 aromatic rings. The van der Waals surface area contributed by atoms with Crippen LogP contribution in [0.1, 0.15) is 5.56 Å². The lowest BCUT2D eigenvalue weighted by Gasteiger charge is -2.15. The maximum Gasteiger partial charge on any atom is 0.160 e. The van der Waals surface area contributed by atoms with Crippen molar-refractivity contribution < 1.29 is 19.3 Å². The molecule has 0 aliphatic heterocycles. The van der Waals surface area contributed by atoms with Crippen molar-refractivity contribution in [1.29, 1.82) is 0 Å². The van der Waals surface area contributed by atoms with Gasteiger partial charge in [0.15, 0.2) is 11.5 Å². The van der Waals surface area contributed by atoms with Crippen LogP contribution in [-0.2, 0) is 6.42 Å². The summed E-state index contributed by atoms with van der Waals surface area (Å²) in [5.41, 5.74) is 2.88. The molecule has 0 saturated heterocycles. The highest BCUT2D eigenvalue weighted by atomic mass is 35.5. The second-order valence-corrected chi connectivity index (χ2v) is 9.22. The number of hydrogen-bond donors (Lipinski definition) is 3. The number of methoxy groups -OCH3 is 2. The van der Waals surface area contributed by atoms with Gasteiger partial charge in [-0.1, -0.05) is 23.7 Å². The molecule has 0 aliphatic carbocycles. The van der Waals surface area contributed by atoms with Crippen LogP contribution in [0.3, 0.4) is 0 Å². The Hall–Kier alpha value is -2.46. The van der Waals surface area contributed by atoms with Gasteiger partial charge in [0.2, 0.25) is 0 Å². The summed E-state index contributed by atoms with van der Waals surface area (Å²) in [6.07, 6.45) is 2.01. The molecular formula is C26H30Cl3N3O4S. The summed E-state index contributed by atoms with van der Waals surface area (Å²) in [5.74, 6) is 2.66. The number of thiophene rings is 1. The first-order valence-electron chi connectivity index (χ1n) is 11.2. The minimum Gasteiger partial charge on any atom is -0.493 e. The summed E-state index contributed by atoms with van der Waals surface area (Å²) >= 11 is 8.07. The third kappa shape index (κ3) is 8.26. The van der Waals surface area contributed by atoms with E-state index < -0.39 is 6.10 Å². The van der Waals surface area contributed by atoms with Crippen LogP contribution in [0.2, 0.25) is 5.02 Å². The zero-order valence-electron chi connectivity index (χ0n) is 20.4. The summed E-state index contributed by atoms with van der Waals surface area (Å²) in [6, 6.07) is 15.4. The molecule has 200 valence electrons. The van der Waals surface area contributed by atoms with E-state index in [1.165, 1.54) is 0 Å². The van der Waals surface area contributed by atoms with Crippen molar-refractivity contribution in [3.8, 4) is 39.2 Å². The van der Waals surface area contributed by atoms with E-state index in [0.29, 0.717) is 35.4 Å². The number of halogens is 3. The molecule has 0 saturated carbocycles. The molecule has 11 heteroatoms. The third-order valence-corrected chi connectivity index (χ3v) is 6.59. The number of benzene rings is 2. The Bertz CT molecular complexity index is 1240. The minimum absolute atomic E-state index is 0. The average molecular weight is 587 g/mol. The van der Waals surface area contributed by atoms with E-state index in [-0.39, 0.29) is 31.4 Å². The van der Waals surface area contributed by atoms with Gasteiger partial charge in [0.1, 0.15) is 24.3 Å². The fourth-order valence-corrected chi connectivity index (χ4v) is 4.49. The third-order valence-electron chi connectivity index (χ3n) is 5.41. The van der Waals surface area contributed by atoms with Gasteiger partial charge in [-0.3, -0.25) is 0 Å². The number of aliphatic hydroxyl groups excluding tert-OH is 1. The molecule has 0 fully saturated rings. The van der Waals surface area contributed by atoms with Crippen LogP contribution >= 0.6 is 47.8 Å². The predicted octanol–water partition coefficient (Wildman–Crippen LogP) is 5.89. The number of H-pyrrole nitrogens is 1. The molecule has 4 rings (SSSR count). The summed E-state index contributed by atoms with van der Waals surface area (Å²) in [6.45, 7) is 1.24. The Morgan fingerprint density at radius 3 is 2.54 bits per heavy atom. The zero-order chi connectivity index (χ0) is 24.6. The minimum atomic E-state index is -0.672. The quantitative estimate of drug-likeness (QED) is 0.179. The van der Waals surface area contributed by atoms with Gasteiger partial charge in [-0.2, -0.15) is 0 Å². The maximum absolute atomic E-state index is 10.3. The summed E-state index contributed by atoms with van der Waals surface area (Å²) < 4.78 is 16.3. The lowest BCUT2D eigenvalue weighted by Crippen LogP contribution is -2.32. The van der Waals surface area contributed by atoms with Crippen LogP contribution in [-0.4, -0.2) is 55.1 Å². The Morgan fingerprint density at radius 1 is 1.05 bits per heavy atom. The molecule has 1 unspecified atom stereocenters. The fourth-order valence-electron chi connectivity index (χ4n) is 3.57. The molecule has 0 aliphatic rings. The van der Waals surface area contributed by atoms with Gasteiger partial charge in [-0.05, 0) is 60.3 Å². The number of ether oxygens (including phenoxy) is 3. The molecule has 1 atom stereocenters. The molecule has 2 aromatic heterocycles. The standard InChI is InChI=1S/C26H28ClN3O4S.2ClH/c1-32-23-7-5-17(12-24(23)33-2)9-10-28-14-19(31)16-34-22-8-6-18(13-20(22)27)26-29-15-21(30-26)25-4-3-11-35-25;;/h3-8,11-13,15,19,28,31H,9-10,14,16H2,1-2H3,(H,29,30);2*1H. The zero-order valence-corrected chi connectivity index (χ0v) is 23.6. The number of nitrogens with one attached hydrogen (secondary N) is 2. The molecule has 0 spiro atoms. The fraction of sp³-hybridized carbons (Fsp3) is 0.269.